The van der Waals surface area contributed by atoms with Crippen molar-refractivity contribution in [1.82, 2.24) is 19.8 Å². The van der Waals surface area contributed by atoms with Crippen LogP contribution in [0.25, 0.3) is 5.57 Å². The van der Waals surface area contributed by atoms with Gasteiger partial charge in [0.05, 0.1) is 18.3 Å². The number of amides is 2. The monoisotopic (exact) mass is 328 g/mol. The number of nitrogens with zero attached hydrogens (tertiary/aromatic N) is 4. The van der Waals surface area contributed by atoms with E-state index in [1.807, 2.05) is 35.2 Å². The molecule has 2 amide bonds. The van der Waals surface area contributed by atoms with E-state index in [9.17, 15) is 4.79 Å². The maximum atomic E-state index is 12.5. The van der Waals surface area contributed by atoms with Gasteiger partial charge in [0.15, 0.2) is 0 Å². The molecule has 2 aromatic rings. The van der Waals surface area contributed by atoms with Gasteiger partial charge in [0.25, 0.3) is 0 Å². The normalized spacial score (nSPS) is 17.1. The molecule has 0 aliphatic carbocycles. The minimum absolute atomic E-state index is 0.0368. The molecule has 0 saturated carbocycles. The number of hydrogen-bond acceptors (Lipinski definition) is 3. The second kappa shape index (κ2) is 6.38. The molecule has 2 heterocycles. The summed E-state index contributed by atoms with van der Waals surface area (Å²) in [6.45, 7) is 0.490. The van der Waals surface area contributed by atoms with Crippen LogP contribution in [0, 0.1) is 0 Å². The molecular formula is C17H17ClN4O. The first-order valence-corrected chi connectivity index (χ1v) is 7.65. The summed E-state index contributed by atoms with van der Waals surface area (Å²) in [5, 5.41) is 0.393. The van der Waals surface area contributed by atoms with Crippen LogP contribution in [-0.4, -0.2) is 46.4 Å². The zero-order chi connectivity index (χ0) is 16.4. The highest BCUT2D eigenvalue weighted by atomic mass is 35.5. The van der Waals surface area contributed by atoms with Crippen molar-refractivity contribution in [1.29, 1.82) is 0 Å². The molecule has 3 rings (SSSR count). The molecule has 0 radical (unpaired) electrons. The second-order valence-corrected chi connectivity index (χ2v) is 5.97. The van der Waals surface area contributed by atoms with Crippen LogP contribution in [0.2, 0.25) is 5.15 Å². The van der Waals surface area contributed by atoms with Gasteiger partial charge in [0.2, 0.25) is 0 Å². The second-order valence-electron chi connectivity index (χ2n) is 5.58. The SMILES string of the molecule is CN(C)C(=O)N1CC(c2cc(Cl)ncn2)=C[C@H]1c1ccccc1. The summed E-state index contributed by atoms with van der Waals surface area (Å²) in [6.07, 6.45) is 3.50. The van der Waals surface area contributed by atoms with Crippen molar-refractivity contribution in [2.75, 3.05) is 20.6 Å². The number of carbonyl (C=O) groups is 1. The summed E-state index contributed by atoms with van der Waals surface area (Å²) in [5.41, 5.74) is 2.79. The summed E-state index contributed by atoms with van der Waals surface area (Å²) >= 11 is 5.96. The van der Waals surface area contributed by atoms with E-state index in [1.165, 1.54) is 6.33 Å². The lowest BCUT2D eigenvalue weighted by atomic mass is 10.1. The third kappa shape index (κ3) is 3.19. The fourth-order valence-electron chi connectivity index (χ4n) is 2.66. The van der Waals surface area contributed by atoms with E-state index in [4.69, 9.17) is 11.6 Å². The standard InChI is InChI=1S/C17H17ClN4O/c1-21(2)17(23)22-10-13(14-9-16(18)20-11-19-14)8-15(22)12-6-4-3-5-7-12/h3-9,11,15H,10H2,1-2H3/t15-/m0/s1. The molecule has 1 aromatic heterocycles. The van der Waals surface area contributed by atoms with Crippen LogP contribution in [0.15, 0.2) is 48.8 Å². The fourth-order valence-corrected chi connectivity index (χ4v) is 2.81. The number of urea groups is 1. The van der Waals surface area contributed by atoms with Crippen molar-refractivity contribution in [3.05, 3.63) is 65.2 Å². The molecule has 6 heteroatoms. The van der Waals surface area contributed by atoms with Gasteiger partial charge in [-0.3, -0.25) is 0 Å². The molecule has 5 nitrogen and oxygen atoms in total. The van der Waals surface area contributed by atoms with Crippen LogP contribution in [-0.2, 0) is 0 Å². The summed E-state index contributed by atoms with van der Waals surface area (Å²) in [4.78, 5) is 24.1. The number of aromatic nitrogens is 2. The Morgan fingerprint density at radius 2 is 2.00 bits per heavy atom. The Morgan fingerprint density at radius 1 is 1.26 bits per heavy atom. The Kier molecular flexibility index (Phi) is 4.30. The van der Waals surface area contributed by atoms with E-state index < -0.39 is 0 Å². The number of rotatable bonds is 2. The predicted octanol–water partition coefficient (Wildman–Crippen LogP) is 3.25. The zero-order valence-electron chi connectivity index (χ0n) is 13.0. The van der Waals surface area contributed by atoms with Gasteiger partial charge in [-0.1, -0.05) is 48.0 Å². The Morgan fingerprint density at radius 3 is 2.65 bits per heavy atom. The summed E-state index contributed by atoms with van der Waals surface area (Å²) in [6, 6.07) is 11.5. The molecular weight excluding hydrogens is 312 g/mol. The Labute approximate surface area is 140 Å². The fraction of sp³-hybridized carbons (Fsp3) is 0.235. The van der Waals surface area contributed by atoms with Gasteiger partial charge in [-0.2, -0.15) is 0 Å². The minimum Gasteiger partial charge on any atom is -0.331 e. The average Bonchev–Trinajstić information content (AvgIpc) is 3.00. The van der Waals surface area contributed by atoms with Gasteiger partial charge in [-0.15, -0.1) is 0 Å². The van der Waals surface area contributed by atoms with Crippen LogP contribution >= 0.6 is 11.6 Å². The highest BCUT2D eigenvalue weighted by molar-refractivity contribution is 6.29. The van der Waals surface area contributed by atoms with E-state index in [0.717, 1.165) is 16.8 Å². The molecule has 0 saturated heterocycles. The van der Waals surface area contributed by atoms with Crippen LogP contribution < -0.4 is 0 Å². The van der Waals surface area contributed by atoms with Crippen LogP contribution in [0.4, 0.5) is 4.79 Å². The lowest BCUT2D eigenvalue weighted by Crippen LogP contribution is -2.39. The van der Waals surface area contributed by atoms with Crippen LogP contribution in [0.3, 0.4) is 0 Å². The van der Waals surface area contributed by atoms with Gasteiger partial charge in [-0.25, -0.2) is 14.8 Å². The third-order valence-electron chi connectivity index (χ3n) is 3.77. The largest absolute Gasteiger partial charge is 0.331 e. The number of benzene rings is 1. The molecule has 0 N–H and O–H groups in total. The number of carbonyl (C=O) groups excluding carboxylic acids is 1. The molecule has 1 atom stereocenters. The van der Waals surface area contributed by atoms with Gasteiger partial charge >= 0.3 is 6.03 Å². The Bertz CT molecular complexity index is 745. The zero-order valence-corrected chi connectivity index (χ0v) is 13.7. The molecule has 0 fully saturated rings. The highest BCUT2D eigenvalue weighted by Crippen LogP contribution is 2.34. The third-order valence-corrected chi connectivity index (χ3v) is 3.97. The van der Waals surface area contributed by atoms with Gasteiger partial charge in [0, 0.05) is 20.2 Å². The lowest BCUT2D eigenvalue weighted by molar-refractivity contribution is 0.170. The molecule has 1 aliphatic heterocycles. The van der Waals surface area contributed by atoms with E-state index in [1.54, 1.807) is 25.1 Å². The van der Waals surface area contributed by atoms with Gasteiger partial charge < -0.3 is 9.80 Å². The van der Waals surface area contributed by atoms with E-state index in [0.29, 0.717) is 11.7 Å². The molecule has 0 unspecified atom stereocenters. The number of hydrogen-bond donors (Lipinski definition) is 0. The summed E-state index contributed by atoms with van der Waals surface area (Å²) < 4.78 is 0. The van der Waals surface area contributed by atoms with Crippen molar-refractivity contribution in [2.45, 2.75) is 6.04 Å². The van der Waals surface area contributed by atoms with E-state index in [2.05, 4.69) is 16.0 Å². The first-order chi connectivity index (χ1) is 11.1. The average molecular weight is 329 g/mol. The van der Waals surface area contributed by atoms with Crippen molar-refractivity contribution >= 4 is 23.2 Å². The molecule has 1 aliphatic rings. The Balaban J connectivity index is 1.99. The van der Waals surface area contributed by atoms with Gasteiger partial charge in [0.1, 0.15) is 11.5 Å². The van der Waals surface area contributed by atoms with Crippen molar-refractivity contribution < 1.29 is 4.79 Å². The smallest absolute Gasteiger partial charge is 0.320 e. The molecule has 0 spiro atoms. The van der Waals surface area contributed by atoms with Gasteiger partial charge in [-0.05, 0) is 11.1 Å². The summed E-state index contributed by atoms with van der Waals surface area (Å²) in [7, 11) is 3.51. The Hall–Kier alpha value is -2.40. The molecule has 1 aromatic carbocycles. The van der Waals surface area contributed by atoms with Crippen LogP contribution in [0.1, 0.15) is 17.3 Å². The predicted molar refractivity (Wildman–Crippen MR) is 90.0 cm³/mol. The topological polar surface area (TPSA) is 49.3 Å². The molecule has 118 valence electrons. The van der Waals surface area contributed by atoms with Crippen LogP contribution in [0.5, 0.6) is 0 Å². The van der Waals surface area contributed by atoms with E-state index in [-0.39, 0.29) is 12.1 Å². The van der Waals surface area contributed by atoms with Crippen molar-refractivity contribution in [2.24, 2.45) is 0 Å². The highest BCUT2D eigenvalue weighted by Gasteiger charge is 2.32. The molecule has 0 bridgehead atoms. The maximum Gasteiger partial charge on any atom is 0.320 e. The van der Waals surface area contributed by atoms with E-state index >= 15 is 0 Å². The maximum absolute atomic E-state index is 12.5. The summed E-state index contributed by atoms with van der Waals surface area (Å²) in [5.74, 6) is 0. The minimum atomic E-state index is -0.116. The quantitative estimate of drug-likeness (QED) is 0.795. The van der Waals surface area contributed by atoms with Crippen molar-refractivity contribution in [3.63, 3.8) is 0 Å². The van der Waals surface area contributed by atoms with Crippen molar-refractivity contribution in [3.8, 4) is 0 Å². The molecule has 23 heavy (non-hydrogen) atoms. The number of halogens is 1. The lowest BCUT2D eigenvalue weighted by Gasteiger charge is -2.28. The first-order valence-electron chi connectivity index (χ1n) is 7.28. The first kappa shape index (κ1) is 15.5.